The van der Waals surface area contributed by atoms with Gasteiger partial charge in [0.2, 0.25) is 0 Å². The maximum atomic E-state index is 13.8. The average Bonchev–Trinajstić information content (AvgIpc) is 2.82. The maximum Gasteiger partial charge on any atom is 0.387 e. The second-order valence-electron chi connectivity index (χ2n) is 9.63. The average molecular weight is 598 g/mol. The van der Waals surface area contributed by atoms with Gasteiger partial charge in [-0.1, -0.05) is 21.4 Å². The summed E-state index contributed by atoms with van der Waals surface area (Å²) in [4.78, 5) is 14.0. The van der Waals surface area contributed by atoms with E-state index in [1.54, 1.807) is 0 Å². The Labute approximate surface area is 221 Å². The standard InChI is InChI=1S/C24H28F4NO6PS2/c1-23(2,38(33,34)18-6-4-5-16(13-18)24(27,28)36)15-9-11-29(12-10-15)21(30)19-14-17(35-22(25)26)7-8-20(19)37(3,31)32/h4-8,13-15,22H,9-12,36H2,1-3H3. The van der Waals surface area contributed by atoms with E-state index in [9.17, 15) is 39.2 Å². The van der Waals surface area contributed by atoms with E-state index < -0.39 is 54.1 Å². The van der Waals surface area contributed by atoms with Crippen LogP contribution in [0.25, 0.3) is 0 Å². The molecule has 1 unspecified atom stereocenters. The van der Waals surface area contributed by atoms with Crippen LogP contribution in [-0.2, 0) is 25.3 Å². The lowest BCUT2D eigenvalue weighted by atomic mass is 9.85. The number of alkyl halides is 4. The second kappa shape index (κ2) is 10.7. The molecule has 0 spiro atoms. The molecule has 1 atom stereocenters. The Morgan fingerprint density at radius 1 is 1.05 bits per heavy atom. The van der Waals surface area contributed by atoms with Gasteiger partial charge >= 0.3 is 6.61 Å². The van der Waals surface area contributed by atoms with Crippen molar-refractivity contribution in [2.45, 2.75) is 53.5 Å². The molecule has 3 rings (SSSR count). The number of likely N-dealkylation sites (tertiary alicyclic amines) is 1. The summed E-state index contributed by atoms with van der Waals surface area (Å²) in [5.74, 6) is -1.56. The molecule has 1 aliphatic rings. The van der Waals surface area contributed by atoms with E-state index in [0.29, 0.717) is 0 Å². The molecule has 2 aromatic carbocycles. The van der Waals surface area contributed by atoms with Crippen molar-refractivity contribution in [3.8, 4) is 5.75 Å². The summed E-state index contributed by atoms with van der Waals surface area (Å²) in [6.45, 7) is -0.0406. The zero-order valence-electron chi connectivity index (χ0n) is 20.8. The fourth-order valence-electron chi connectivity index (χ4n) is 4.52. The van der Waals surface area contributed by atoms with Crippen LogP contribution < -0.4 is 4.74 Å². The summed E-state index contributed by atoms with van der Waals surface area (Å²) in [7, 11) is -6.58. The van der Waals surface area contributed by atoms with E-state index in [4.69, 9.17) is 0 Å². The van der Waals surface area contributed by atoms with Gasteiger partial charge in [-0.25, -0.2) is 16.8 Å². The minimum Gasteiger partial charge on any atom is -0.435 e. The van der Waals surface area contributed by atoms with Crippen LogP contribution >= 0.6 is 9.24 Å². The van der Waals surface area contributed by atoms with Gasteiger partial charge in [-0.2, -0.15) is 17.6 Å². The zero-order valence-corrected chi connectivity index (χ0v) is 23.6. The number of sulfone groups is 2. The van der Waals surface area contributed by atoms with Crippen molar-refractivity contribution >= 4 is 34.8 Å². The van der Waals surface area contributed by atoms with Crippen LogP contribution in [0.1, 0.15) is 42.6 Å². The van der Waals surface area contributed by atoms with Gasteiger partial charge < -0.3 is 9.64 Å². The number of benzene rings is 2. The zero-order chi connectivity index (χ0) is 28.7. The third kappa shape index (κ3) is 6.31. The molecular weight excluding hydrogens is 569 g/mol. The first kappa shape index (κ1) is 30.3. The first-order chi connectivity index (χ1) is 17.4. The van der Waals surface area contributed by atoms with Gasteiger partial charge in [0.05, 0.1) is 20.1 Å². The molecule has 0 bridgehead atoms. The number of hydrogen-bond acceptors (Lipinski definition) is 6. The predicted molar refractivity (Wildman–Crippen MR) is 136 cm³/mol. The Morgan fingerprint density at radius 2 is 1.66 bits per heavy atom. The largest absolute Gasteiger partial charge is 0.435 e. The van der Waals surface area contributed by atoms with E-state index in [1.165, 1.54) is 40.1 Å². The quantitative estimate of drug-likeness (QED) is 0.323. The molecule has 14 heteroatoms. The minimum absolute atomic E-state index is 0.0648. The summed E-state index contributed by atoms with van der Waals surface area (Å²) >= 11 is 0. The molecule has 1 fully saturated rings. The molecule has 0 saturated carbocycles. The SMILES string of the molecule is CC(C)(C1CCN(C(=O)c2cc(OC(F)F)ccc2S(C)(=O)=O)CC1)S(=O)(=O)c1cccc(C(F)(F)P)c1. The van der Waals surface area contributed by atoms with Crippen molar-refractivity contribution in [2.24, 2.45) is 5.92 Å². The van der Waals surface area contributed by atoms with Crippen molar-refractivity contribution in [3.63, 3.8) is 0 Å². The molecular formula is C24H28F4NO6PS2. The lowest BCUT2D eigenvalue weighted by molar-refractivity contribution is -0.0499. The first-order valence-corrected chi connectivity index (χ1v) is 15.4. The smallest absolute Gasteiger partial charge is 0.387 e. The van der Waals surface area contributed by atoms with Gasteiger partial charge in [0, 0.05) is 24.9 Å². The van der Waals surface area contributed by atoms with E-state index in [-0.39, 0.29) is 47.0 Å². The van der Waals surface area contributed by atoms with Crippen LogP contribution in [0, 0.1) is 5.92 Å². The number of rotatable bonds is 8. The second-order valence-corrected chi connectivity index (χ2v) is 14.9. The van der Waals surface area contributed by atoms with Crippen molar-refractivity contribution < 1.29 is 43.9 Å². The number of hydrogen-bond donors (Lipinski definition) is 0. The Morgan fingerprint density at radius 3 is 2.18 bits per heavy atom. The minimum atomic E-state index is -4.07. The van der Waals surface area contributed by atoms with Crippen molar-refractivity contribution in [1.29, 1.82) is 0 Å². The number of piperidine rings is 1. The molecule has 1 amide bonds. The molecule has 0 aliphatic carbocycles. The molecule has 38 heavy (non-hydrogen) atoms. The molecule has 1 heterocycles. The number of amides is 1. The lowest BCUT2D eigenvalue weighted by Gasteiger charge is -2.40. The van der Waals surface area contributed by atoms with Crippen molar-refractivity contribution in [2.75, 3.05) is 19.3 Å². The van der Waals surface area contributed by atoms with Gasteiger partial charge in [0.1, 0.15) is 5.75 Å². The first-order valence-electron chi connectivity index (χ1n) is 11.5. The van der Waals surface area contributed by atoms with Crippen LogP contribution in [-0.4, -0.2) is 58.3 Å². The summed E-state index contributed by atoms with van der Waals surface area (Å²) < 4.78 is 107. The van der Waals surface area contributed by atoms with E-state index in [0.717, 1.165) is 36.6 Å². The summed E-state index contributed by atoms with van der Waals surface area (Å²) in [5, 5.41) is 0. The molecule has 2 aromatic rings. The molecule has 0 N–H and O–H groups in total. The number of nitrogens with zero attached hydrogens (tertiary/aromatic N) is 1. The predicted octanol–water partition coefficient (Wildman–Crippen LogP) is 4.72. The highest BCUT2D eigenvalue weighted by molar-refractivity contribution is 7.92. The van der Waals surface area contributed by atoms with Gasteiger partial charge in [0.25, 0.3) is 11.6 Å². The highest BCUT2D eigenvalue weighted by Gasteiger charge is 2.45. The lowest BCUT2D eigenvalue weighted by Crippen LogP contribution is -2.47. The maximum absolute atomic E-state index is 13.8. The fraction of sp³-hybridized carbons (Fsp3) is 0.458. The Balaban J connectivity index is 1.84. The number of ether oxygens (including phenoxy) is 1. The van der Waals surface area contributed by atoms with E-state index in [2.05, 4.69) is 4.74 Å². The highest BCUT2D eigenvalue weighted by atomic mass is 32.2. The Kier molecular flexibility index (Phi) is 8.56. The van der Waals surface area contributed by atoms with Gasteiger partial charge in [-0.05, 0) is 62.9 Å². The number of carbonyl (C=O) groups excluding carboxylic acids is 1. The van der Waals surface area contributed by atoms with Gasteiger partial charge in [0.15, 0.2) is 19.7 Å². The third-order valence-corrected chi connectivity index (χ3v) is 10.9. The molecule has 0 radical (unpaired) electrons. The third-order valence-electron chi connectivity index (χ3n) is 6.79. The topological polar surface area (TPSA) is 97.8 Å². The Bertz CT molecular complexity index is 1420. The molecule has 7 nitrogen and oxygen atoms in total. The summed E-state index contributed by atoms with van der Waals surface area (Å²) in [6, 6.07) is 7.59. The van der Waals surface area contributed by atoms with E-state index >= 15 is 0 Å². The summed E-state index contributed by atoms with van der Waals surface area (Å²) in [6.07, 6.45) is 1.33. The van der Waals surface area contributed by atoms with Crippen LogP contribution in [0.15, 0.2) is 52.3 Å². The molecule has 210 valence electrons. The fourth-order valence-corrected chi connectivity index (χ4v) is 7.38. The summed E-state index contributed by atoms with van der Waals surface area (Å²) in [5.41, 5.74) is -4.09. The van der Waals surface area contributed by atoms with Gasteiger partial charge in [-0.3, -0.25) is 4.79 Å². The van der Waals surface area contributed by atoms with Crippen LogP contribution in [0.3, 0.4) is 0 Å². The van der Waals surface area contributed by atoms with E-state index in [1.807, 2.05) is 0 Å². The molecule has 1 saturated heterocycles. The molecule has 1 aliphatic heterocycles. The number of carbonyl (C=O) groups is 1. The Hall–Kier alpha value is -2.24. The van der Waals surface area contributed by atoms with Crippen LogP contribution in [0.2, 0.25) is 0 Å². The highest BCUT2D eigenvalue weighted by Crippen LogP contribution is 2.41. The monoisotopic (exact) mass is 597 g/mol. The van der Waals surface area contributed by atoms with Crippen LogP contribution in [0.5, 0.6) is 5.75 Å². The van der Waals surface area contributed by atoms with Crippen molar-refractivity contribution in [1.82, 2.24) is 4.90 Å². The van der Waals surface area contributed by atoms with Gasteiger partial charge in [-0.15, -0.1) is 0 Å². The van der Waals surface area contributed by atoms with Crippen LogP contribution in [0.4, 0.5) is 17.6 Å². The molecule has 0 aromatic heterocycles. The van der Waals surface area contributed by atoms with Crippen molar-refractivity contribution in [3.05, 3.63) is 53.6 Å². The number of halogens is 4. The normalized spacial score (nSPS) is 16.1.